The van der Waals surface area contributed by atoms with E-state index in [-0.39, 0.29) is 18.4 Å². The van der Waals surface area contributed by atoms with Crippen LogP contribution in [0.25, 0.3) is 10.9 Å². The number of para-hydroxylation sites is 1. The number of aliphatic hydroxyl groups excluding tert-OH is 5. The Morgan fingerprint density at radius 2 is 1.62 bits per heavy atom. The molecule has 48 heavy (non-hydrogen) atoms. The van der Waals surface area contributed by atoms with Crippen LogP contribution in [0.5, 0.6) is 0 Å². The van der Waals surface area contributed by atoms with Gasteiger partial charge in [0.2, 0.25) is 11.8 Å². The third-order valence-electron chi connectivity index (χ3n) is 9.64. The number of hydrogen-bond donors (Lipinski definition) is 6. The lowest BCUT2D eigenvalue weighted by atomic mass is 9.91. The number of β-amino-alcohol motifs (C(OH)–C–C–N with tert-alkyl or cyclic N) is 1. The molecule has 6 N–H and O–H groups in total. The fourth-order valence-corrected chi connectivity index (χ4v) is 6.92. The van der Waals surface area contributed by atoms with Crippen LogP contribution in [0.4, 0.5) is 0 Å². The molecular weight excluding hydrogens is 616 g/mol. The van der Waals surface area contributed by atoms with Crippen LogP contribution in [0, 0.1) is 6.92 Å². The van der Waals surface area contributed by atoms with E-state index in [1.807, 2.05) is 43.5 Å². The van der Waals surface area contributed by atoms with Gasteiger partial charge in [0.25, 0.3) is 0 Å². The molecule has 2 fully saturated rings. The number of hydrogen-bond acceptors (Lipinski definition) is 9. The second kappa shape index (κ2) is 15.5. The Kier molecular flexibility index (Phi) is 11.6. The predicted octanol–water partition coefficient (Wildman–Crippen LogP) is 0.867. The molecule has 5 rings (SSSR count). The van der Waals surface area contributed by atoms with E-state index in [0.717, 1.165) is 27.6 Å². The molecule has 2 aromatic carbocycles. The molecule has 2 amide bonds. The predicted molar refractivity (Wildman–Crippen MR) is 180 cm³/mol. The first kappa shape index (κ1) is 35.9. The van der Waals surface area contributed by atoms with Gasteiger partial charge in [-0.15, -0.1) is 0 Å². The Morgan fingerprint density at radius 1 is 0.938 bits per heavy atom. The maximum absolute atomic E-state index is 13.1. The second-order valence-electron chi connectivity index (χ2n) is 13.6. The number of piperazine rings is 1. The van der Waals surface area contributed by atoms with Crippen molar-refractivity contribution in [2.45, 2.75) is 82.6 Å². The highest BCUT2D eigenvalue weighted by Gasteiger charge is 2.45. The Balaban J connectivity index is 1.17. The number of nitrogens with one attached hydrogen (secondary N) is 1. The van der Waals surface area contributed by atoms with Crippen molar-refractivity contribution in [1.82, 2.24) is 19.7 Å². The highest BCUT2D eigenvalue weighted by Crippen LogP contribution is 2.38. The van der Waals surface area contributed by atoms with Gasteiger partial charge in [0.15, 0.2) is 0 Å². The molecule has 5 atom stereocenters. The molecule has 262 valence electrons. The molecule has 0 saturated carbocycles. The van der Waals surface area contributed by atoms with E-state index < -0.39 is 42.7 Å². The molecule has 3 aromatic rings. The highest BCUT2D eigenvalue weighted by molar-refractivity contribution is 5.91. The van der Waals surface area contributed by atoms with Crippen LogP contribution in [0.1, 0.15) is 55.0 Å². The maximum Gasteiger partial charge on any atom is 0.247 e. The Bertz CT molecular complexity index is 1550. The quantitative estimate of drug-likeness (QED) is 0.164. The average Bonchev–Trinajstić information content (AvgIpc) is 3.43. The standard InChI is InChI=1S/C36H50N4O8/c1-23-6-4-8-26-27(34-33(46)32(45)31(44)28(22-42)48-34)21-40(30(23)26)20-25-12-10-24(11-13-25)7-5-9-29(43)37-36(2,3)35(47)39-16-14-38(15-17-39)18-19-41/h4,6,8,10-13,21,28,31-34,41-42,44-46H,5,7,9,14-20,22H2,1-3H3,(H,37,43)/t28-,31-,32+,33-,34+/m1/s1. The molecule has 12 nitrogen and oxygen atoms in total. The minimum atomic E-state index is -1.46. The van der Waals surface area contributed by atoms with Gasteiger partial charge in [-0.25, -0.2) is 0 Å². The first-order valence-corrected chi connectivity index (χ1v) is 16.8. The van der Waals surface area contributed by atoms with Crippen molar-refractivity contribution in [3.8, 4) is 0 Å². The van der Waals surface area contributed by atoms with Crippen LogP contribution in [0.2, 0.25) is 0 Å². The number of amides is 2. The first-order chi connectivity index (χ1) is 22.9. The number of benzene rings is 2. The van der Waals surface area contributed by atoms with Gasteiger partial charge in [-0.3, -0.25) is 14.5 Å². The number of carbonyl (C=O) groups is 2. The maximum atomic E-state index is 13.1. The van der Waals surface area contributed by atoms with Crippen molar-refractivity contribution in [1.29, 1.82) is 0 Å². The lowest BCUT2D eigenvalue weighted by molar-refractivity contribution is -0.231. The summed E-state index contributed by atoms with van der Waals surface area (Å²) in [6.45, 7) is 8.82. The average molecular weight is 667 g/mol. The number of fused-ring (bicyclic) bond motifs is 1. The summed E-state index contributed by atoms with van der Waals surface area (Å²) in [5, 5.41) is 54.1. The number of nitrogens with zero attached hydrogens (tertiary/aromatic N) is 3. The summed E-state index contributed by atoms with van der Waals surface area (Å²) >= 11 is 0. The zero-order valence-electron chi connectivity index (χ0n) is 28.1. The summed E-state index contributed by atoms with van der Waals surface area (Å²) in [6, 6.07) is 14.1. The molecule has 0 bridgehead atoms. The topological polar surface area (TPSA) is 168 Å². The van der Waals surface area contributed by atoms with Gasteiger partial charge in [-0.1, -0.05) is 42.5 Å². The fraction of sp³-hybridized carbons (Fsp3) is 0.556. The minimum Gasteiger partial charge on any atom is -0.395 e. The third-order valence-corrected chi connectivity index (χ3v) is 9.64. The van der Waals surface area contributed by atoms with Gasteiger partial charge in [0, 0.05) is 62.8 Å². The Labute approximate surface area is 281 Å². The van der Waals surface area contributed by atoms with Crippen LogP contribution in [-0.2, 0) is 27.3 Å². The lowest BCUT2D eigenvalue weighted by Gasteiger charge is -2.40. The molecule has 2 saturated heterocycles. The first-order valence-electron chi connectivity index (χ1n) is 16.8. The molecule has 1 aromatic heterocycles. The molecule has 12 heteroatoms. The summed E-state index contributed by atoms with van der Waals surface area (Å²) in [7, 11) is 0. The summed E-state index contributed by atoms with van der Waals surface area (Å²) < 4.78 is 7.98. The smallest absolute Gasteiger partial charge is 0.247 e. The van der Waals surface area contributed by atoms with E-state index in [2.05, 4.69) is 26.9 Å². The van der Waals surface area contributed by atoms with E-state index >= 15 is 0 Å². The molecular formula is C36H50N4O8. The van der Waals surface area contributed by atoms with E-state index in [0.29, 0.717) is 64.1 Å². The van der Waals surface area contributed by atoms with Gasteiger partial charge in [-0.2, -0.15) is 0 Å². The van der Waals surface area contributed by atoms with Crippen LogP contribution in [0.15, 0.2) is 48.7 Å². The summed E-state index contributed by atoms with van der Waals surface area (Å²) in [6.07, 6.45) is -2.61. The fourth-order valence-electron chi connectivity index (χ4n) is 6.92. The van der Waals surface area contributed by atoms with Crippen molar-refractivity contribution in [2.24, 2.45) is 0 Å². The lowest BCUT2D eigenvalue weighted by Crippen LogP contribution is -2.59. The number of ether oxygens (including phenoxy) is 1. The Hall–Kier alpha value is -3.36. The molecule has 2 aliphatic heterocycles. The molecule has 3 heterocycles. The van der Waals surface area contributed by atoms with Gasteiger partial charge in [-0.05, 0) is 50.3 Å². The summed E-state index contributed by atoms with van der Waals surface area (Å²) in [4.78, 5) is 29.8. The number of aliphatic hydroxyl groups is 5. The highest BCUT2D eigenvalue weighted by atomic mass is 16.5. The largest absolute Gasteiger partial charge is 0.395 e. The van der Waals surface area contributed by atoms with Crippen molar-refractivity contribution < 1.29 is 39.9 Å². The summed E-state index contributed by atoms with van der Waals surface area (Å²) in [5.41, 5.74) is 3.81. The van der Waals surface area contributed by atoms with E-state index in [1.165, 1.54) is 0 Å². The zero-order chi connectivity index (χ0) is 34.6. The number of aryl methyl sites for hydroxylation is 2. The van der Waals surface area contributed by atoms with Gasteiger partial charge in [0.1, 0.15) is 36.1 Å². The van der Waals surface area contributed by atoms with E-state index in [9.17, 15) is 30.0 Å². The molecule has 0 radical (unpaired) electrons. The minimum absolute atomic E-state index is 0.0962. The van der Waals surface area contributed by atoms with Crippen molar-refractivity contribution in [2.75, 3.05) is 45.9 Å². The molecule has 0 unspecified atom stereocenters. The van der Waals surface area contributed by atoms with Crippen molar-refractivity contribution >= 4 is 22.7 Å². The van der Waals surface area contributed by atoms with E-state index in [4.69, 9.17) is 9.84 Å². The molecule has 0 aliphatic carbocycles. The monoisotopic (exact) mass is 666 g/mol. The van der Waals surface area contributed by atoms with Gasteiger partial charge >= 0.3 is 0 Å². The van der Waals surface area contributed by atoms with Crippen LogP contribution in [-0.4, -0.2) is 128 Å². The number of carbonyl (C=O) groups excluding carboxylic acids is 2. The van der Waals surface area contributed by atoms with Crippen LogP contribution in [0.3, 0.4) is 0 Å². The van der Waals surface area contributed by atoms with E-state index in [1.54, 1.807) is 18.7 Å². The molecule has 2 aliphatic rings. The van der Waals surface area contributed by atoms with Crippen molar-refractivity contribution in [3.63, 3.8) is 0 Å². The van der Waals surface area contributed by atoms with Gasteiger partial charge < -0.3 is 45.1 Å². The van der Waals surface area contributed by atoms with Crippen molar-refractivity contribution in [3.05, 3.63) is 70.9 Å². The molecule has 0 spiro atoms. The summed E-state index contributed by atoms with van der Waals surface area (Å²) in [5.74, 6) is -0.255. The van der Waals surface area contributed by atoms with Crippen LogP contribution >= 0.6 is 0 Å². The number of rotatable bonds is 12. The normalized spacial score (nSPS) is 23.8. The third kappa shape index (κ3) is 7.92. The SMILES string of the molecule is Cc1cccc2c([C@@H]3O[C@H](CO)[C@@H](O)[C@H](O)[C@H]3O)cn(Cc3ccc(CCCC(=O)NC(C)(C)C(=O)N4CCN(CCO)CC4)cc3)c12. The second-order valence-corrected chi connectivity index (χ2v) is 13.6. The Morgan fingerprint density at radius 3 is 2.29 bits per heavy atom. The zero-order valence-corrected chi connectivity index (χ0v) is 28.1. The van der Waals surface area contributed by atoms with Crippen LogP contribution < -0.4 is 5.32 Å². The number of aromatic nitrogens is 1. The van der Waals surface area contributed by atoms with Gasteiger partial charge in [0.05, 0.1) is 18.7 Å².